The van der Waals surface area contributed by atoms with Crippen LogP contribution in [0.15, 0.2) is 24.3 Å². The van der Waals surface area contributed by atoms with E-state index in [2.05, 4.69) is 0 Å². The molecule has 1 N–H and O–H groups in total. The van der Waals surface area contributed by atoms with E-state index in [-0.39, 0.29) is 5.56 Å². The minimum atomic E-state index is -0.949. The second-order valence-corrected chi connectivity index (χ2v) is 3.98. The third kappa shape index (κ3) is 3.83. The number of benzene rings is 1. The van der Waals surface area contributed by atoms with Gasteiger partial charge in [-0.1, -0.05) is 12.1 Å². The number of thioether (sulfide) groups is 1. The average Bonchev–Trinajstić information content (AvgIpc) is 2.25. The van der Waals surface area contributed by atoms with Crippen LogP contribution in [0.3, 0.4) is 0 Å². The van der Waals surface area contributed by atoms with E-state index >= 15 is 0 Å². The molecule has 4 heteroatoms. The molecule has 0 amide bonds. The van der Waals surface area contributed by atoms with Crippen LogP contribution in [0.25, 0.3) is 0 Å². The van der Waals surface area contributed by atoms with Crippen molar-refractivity contribution >= 4 is 17.7 Å². The summed E-state index contributed by atoms with van der Waals surface area (Å²) in [6.07, 6.45) is 2.96. The van der Waals surface area contributed by atoms with Crippen molar-refractivity contribution in [3.63, 3.8) is 0 Å². The second kappa shape index (κ2) is 6.35. The van der Waals surface area contributed by atoms with Crippen LogP contribution in [0.2, 0.25) is 0 Å². The van der Waals surface area contributed by atoms with E-state index in [1.165, 1.54) is 0 Å². The minimum Gasteiger partial charge on any atom is -0.493 e. The number of carbonyl (C=O) groups is 1. The summed E-state index contributed by atoms with van der Waals surface area (Å²) in [6, 6.07) is 6.70. The summed E-state index contributed by atoms with van der Waals surface area (Å²) in [5.41, 5.74) is 0.224. The molecule has 82 valence electrons. The van der Waals surface area contributed by atoms with Gasteiger partial charge in [-0.25, -0.2) is 4.79 Å². The summed E-state index contributed by atoms with van der Waals surface area (Å²) in [4.78, 5) is 10.8. The van der Waals surface area contributed by atoms with Crippen LogP contribution in [0.1, 0.15) is 16.8 Å². The monoisotopic (exact) mass is 226 g/mol. The maximum absolute atomic E-state index is 10.8. The van der Waals surface area contributed by atoms with E-state index < -0.39 is 5.97 Å². The Labute approximate surface area is 93.4 Å². The highest BCUT2D eigenvalue weighted by Crippen LogP contribution is 2.17. The summed E-state index contributed by atoms with van der Waals surface area (Å²) in [6.45, 7) is 0.561. The van der Waals surface area contributed by atoms with Gasteiger partial charge in [-0.15, -0.1) is 0 Å². The van der Waals surface area contributed by atoms with E-state index in [0.717, 1.165) is 12.2 Å². The average molecular weight is 226 g/mol. The number of carboxylic acid groups (broad SMARTS) is 1. The SMILES string of the molecule is CSCCCOc1ccccc1C(=O)O. The van der Waals surface area contributed by atoms with Crippen LogP contribution in [-0.2, 0) is 0 Å². The van der Waals surface area contributed by atoms with E-state index in [4.69, 9.17) is 9.84 Å². The summed E-state index contributed by atoms with van der Waals surface area (Å²) in [7, 11) is 0. The zero-order valence-corrected chi connectivity index (χ0v) is 9.42. The predicted molar refractivity (Wildman–Crippen MR) is 61.9 cm³/mol. The molecule has 0 fully saturated rings. The smallest absolute Gasteiger partial charge is 0.339 e. The van der Waals surface area contributed by atoms with Gasteiger partial charge in [0.2, 0.25) is 0 Å². The lowest BCUT2D eigenvalue weighted by Gasteiger charge is -2.07. The molecule has 3 nitrogen and oxygen atoms in total. The fourth-order valence-corrected chi connectivity index (χ4v) is 1.56. The maximum Gasteiger partial charge on any atom is 0.339 e. The Kier molecular flexibility index (Phi) is 5.04. The molecule has 0 aliphatic carbocycles. The van der Waals surface area contributed by atoms with Gasteiger partial charge in [-0.3, -0.25) is 0 Å². The number of ether oxygens (including phenoxy) is 1. The van der Waals surface area contributed by atoms with E-state index in [0.29, 0.717) is 12.4 Å². The van der Waals surface area contributed by atoms with Crippen molar-refractivity contribution in [2.75, 3.05) is 18.6 Å². The number of carboxylic acids is 1. The largest absolute Gasteiger partial charge is 0.493 e. The topological polar surface area (TPSA) is 46.5 Å². The van der Waals surface area contributed by atoms with Crippen molar-refractivity contribution in [1.82, 2.24) is 0 Å². The first kappa shape index (κ1) is 11.9. The van der Waals surface area contributed by atoms with Crippen molar-refractivity contribution in [2.45, 2.75) is 6.42 Å². The Morgan fingerprint density at radius 1 is 1.47 bits per heavy atom. The molecule has 0 heterocycles. The van der Waals surface area contributed by atoms with E-state index in [1.54, 1.807) is 36.0 Å². The van der Waals surface area contributed by atoms with Crippen molar-refractivity contribution in [2.24, 2.45) is 0 Å². The Morgan fingerprint density at radius 3 is 2.87 bits per heavy atom. The molecule has 15 heavy (non-hydrogen) atoms. The zero-order valence-electron chi connectivity index (χ0n) is 8.60. The Morgan fingerprint density at radius 2 is 2.20 bits per heavy atom. The van der Waals surface area contributed by atoms with Crippen LogP contribution in [-0.4, -0.2) is 29.7 Å². The molecule has 0 aliphatic heterocycles. The Balaban J connectivity index is 2.56. The van der Waals surface area contributed by atoms with Crippen LogP contribution in [0, 0.1) is 0 Å². The van der Waals surface area contributed by atoms with Crippen molar-refractivity contribution in [3.05, 3.63) is 29.8 Å². The molecule has 0 radical (unpaired) electrons. The van der Waals surface area contributed by atoms with Gasteiger partial charge >= 0.3 is 5.97 Å². The van der Waals surface area contributed by atoms with E-state index in [1.807, 2.05) is 6.26 Å². The van der Waals surface area contributed by atoms with Gasteiger partial charge in [0.25, 0.3) is 0 Å². The highest BCUT2D eigenvalue weighted by Gasteiger charge is 2.09. The molecule has 0 unspecified atom stereocenters. The fourth-order valence-electron chi connectivity index (χ4n) is 1.15. The van der Waals surface area contributed by atoms with Crippen LogP contribution in [0.5, 0.6) is 5.75 Å². The van der Waals surface area contributed by atoms with Gasteiger partial charge in [-0.2, -0.15) is 11.8 Å². The summed E-state index contributed by atoms with van der Waals surface area (Å²) in [5.74, 6) is 0.525. The number of hydrogen-bond donors (Lipinski definition) is 1. The first-order chi connectivity index (χ1) is 7.25. The molecule has 1 aromatic carbocycles. The van der Waals surface area contributed by atoms with Crippen molar-refractivity contribution in [3.8, 4) is 5.75 Å². The Hall–Kier alpha value is -1.16. The number of aromatic carboxylic acids is 1. The van der Waals surface area contributed by atoms with Crippen LogP contribution >= 0.6 is 11.8 Å². The molecule has 0 saturated heterocycles. The molecule has 0 atom stereocenters. The van der Waals surface area contributed by atoms with Gasteiger partial charge < -0.3 is 9.84 Å². The summed E-state index contributed by atoms with van der Waals surface area (Å²) < 4.78 is 5.41. The normalized spacial score (nSPS) is 9.93. The highest BCUT2D eigenvalue weighted by atomic mass is 32.2. The number of hydrogen-bond acceptors (Lipinski definition) is 3. The molecule has 0 spiro atoms. The molecule has 1 aromatic rings. The molecular formula is C11H14O3S. The third-order valence-electron chi connectivity index (χ3n) is 1.87. The predicted octanol–water partition coefficient (Wildman–Crippen LogP) is 2.52. The van der Waals surface area contributed by atoms with Crippen molar-refractivity contribution in [1.29, 1.82) is 0 Å². The van der Waals surface area contributed by atoms with Gasteiger partial charge in [0.15, 0.2) is 0 Å². The summed E-state index contributed by atoms with van der Waals surface area (Å²) >= 11 is 1.75. The van der Waals surface area contributed by atoms with Gasteiger partial charge in [-0.05, 0) is 30.6 Å². The van der Waals surface area contributed by atoms with Gasteiger partial charge in [0.05, 0.1) is 6.61 Å². The van der Waals surface area contributed by atoms with Gasteiger partial charge in [0.1, 0.15) is 11.3 Å². The van der Waals surface area contributed by atoms with E-state index in [9.17, 15) is 4.79 Å². The lowest BCUT2D eigenvalue weighted by atomic mass is 10.2. The maximum atomic E-state index is 10.8. The molecule has 0 bridgehead atoms. The highest BCUT2D eigenvalue weighted by molar-refractivity contribution is 7.98. The first-order valence-electron chi connectivity index (χ1n) is 4.69. The second-order valence-electron chi connectivity index (χ2n) is 3.00. The summed E-state index contributed by atoms with van der Waals surface area (Å²) in [5, 5.41) is 8.88. The zero-order chi connectivity index (χ0) is 11.1. The molecule has 0 aliphatic rings. The lowest BCUT2D eigenvalue weighted by Crippen LogP contribution is -2.04. The third-order valence-corrected chi connectivity index (χ3v) is 2.56. The van der Waals surface area contributed by atoms with Crippen LogP contribution < -0.4 is 4.74 Å². The standard InChI is InChI=1S/C11H14O3S/c1-15-8-4-7-14-10-6-3-2-5-9(10)11(12)13/h2-3,5-6H,4,7-8H2,1H3,(H,12,13). The molecule has 1 rings (SSSR count). The van der Waals surface area contributed by atoms with Gasteiger partial charge in [0, 0.05) is 0 Å². The molecular weight excluding hydrogens is 212 g/mol. The molecule has 0 saturated carbocycles. The van der Waals surface area contributed by atoms with Crippen LogP contribution in [0.4, 0.5) is 0 Å². The van der Waals surface area contributed by atoms with Crippen molar-refractivity contribution < 1.29 is 14.6 Å². The minimum absolute atomic E-state index is 0.224. The number of rotatable bonds is 6. The quantitative estimate of drug-likeness (QED) is 0.757. The number of para-hydroxylation sites is 1. The Bertz CT molecular complexity index is 325. The first-order valence-corrected chi connectivity index (χ1v) is 6.09. The lowest BCUT2D eigenvalue weighted by molar-refractivity contribution is 0.0692. The molecule has 0 aromatic heterocycles. The fraction of sp³-hybridized carbons (Fsp3) is 0.364.